The van der Waals surface area contributed by atoms with E-state index in [9.17, 15) is 18.0 Å². The summed E-state index contributed by atoms with van der Waals surface area (Å²) in [4.78, 5) is 11.8. The fourth-order valence-electron chi connectivity index (χ4n) is 1.36. The van der Waals surface area contributed by atoms with Crippen LogP contribution in [0.2, 0.25) is 0 Å². The number of carbonyl (C=O) groups is 1. The molecule has 1 unspecified atom stereocenters. The van der Waals surface area contributed by atoms with Gasteiger partial charge in [-0.05, 0) is 17.5 Å². The summed E-state index contributed by atoms with van der Waals surface area (Å²) >= 11 is 0. The smallest absolute Gasteiger partial charge is 0.195 e. The molecule has 0 heterocycles. The van der Waals surface area contributed by atoms with Gasteiger partial charge in [-0.2, -0.15) is 0 Å². The van der Waals surface area contributed by atoms with Crippen LogP contribution >= 0.6 is 0 Å². The van der Waals surface area contributed by atoms with Gasteiger partial charge in [-0.3, -0.25) is 4.79 Å². The molecular formula is C13H16F3NO. The van der Waals surface area contributed by atoms with Gasteiger partial charge in [0, 0.05) is 12.5 Å². The van der Waals surface area contributed by atoms with Crippen molar-refractivity contribution in [2.24, 2.45) is 11.1 Å². The van der Waals surface area contributed by atoms with Crippen LogP contribution in [0.15, 0.2) is 12.1 Å². The number of carbonyl (C=O) groups excluding carboxylic acids is 1. The molecule has 0 saturated carbocycles. The highest BCUT2D eigenvalue weighted by molar-refractivity contribution is 5.96. The quantitative estimate of drug-likeness (QED) is 0.669. The minimum Gasteiger partial charge on any atom is -0.327 e. The van der Waals surface area contributed by atoms with E-state index in [1.54, 1.807) is 0 Å². The molecule has 1 aromatic rings. The van der Waals surface area contributed by atoms with E-state index in [-0.39, 0.29) is 11.8 Å². The van der Waals surface area contributed by atoms with E-state index in [0.717, 1.165) is 12.1 Å². The number of halogens is 3. The zero-order chi connectivity index (χ0) is 14.1. The molecule has 5 heteroatoms. The van der Waals surface area contributed by atoms with Gasteiger partial charge in [0.15, 0.2) is 23.2 Å². The topological polar surface area (TPSA) is 43.1 Å². The van der Waals surface area contributed by atoms with Gasteiger partial charge in [0.1, 0.15) is 0 Å². The second kappa shape index (κ2) is 5.10. The van der Waals surface area contributed by atoms with Crippen molar-refractivity contribution in [2.45, 2.75) is 33.2 Å². The van der Waals surface area contributed by atoms with Gasteiger partial charge in [-0.15, -0.1) is 0 Å². The lowest BCUT2D eigenvalue weighted by atomic mass is 9.83. The first-order chi connectivity index (χ1) is 8.14. The summed E-state index contributed by atoms with van der Waals surface area (Å²) in [5.74, 6) is -5.04. The van der Waals surface area contributed by atoms with Gasteiger partial charge in [0.25, 0.3) is 0 Å². The summed E-state index contributed by atoms with van der Waals surface area (Å²) in [5, 5.41) is 0. The lowest BCUT2D eigenvalue weighted by molar-refractivity contribution is 0.0948. The maximum atomic E-state index is 13.4. The number of rotatable bonds is 3. The fraction of sp³-hybridized carbons (Fsp3) is 0.462. The third-order valence-corrected chi connectivity index (χ3v) is 2.85. The van der Waals surface area contributed by atoms with Crippen molar-refractivity contribution in [3.63, 3.8) is 0 Å². The number of Topliss-reactive ketones (excluding diaryl/α,β-unsaturated/α-hetero) is 1. The van der Waals surface area contributed by atoms with E-state index < -0.39 is 34.8 Å². The van der Waals surface area contributed by atoms with Crippen molar-refractivity contribution >= 4 is 5.78 Å². The fourth-order valence-corrected chi connectivity index (χ4v) is 1.36. The summed E-state index contributed by atoms with van der Waals surface area (Å²) in [5.41, 5.74) is 5.00. The molecule has 0 aromatic heterocycles. The van der Waals surface area contributed by atoms with Gasteiger partial charge >= 0.3 is 0 Å². The Morgan fingerprint density at radius 3 is 2.28 bits per heavy atom. The first-order valence-electron chi connectivity index (χ1n) is 5.57. The molecule has 18 heavy (non-hydrogen) atoms. The molecule has 100 valence electrons. The molecule has 0 fully saturated rings. The molecule has 1 aromatic carbocycles. The molecule has 0 saturated heterocycles. The largest absolute Gasteiger partial charge is 0.327 e. The van der Waals surface area contributed by atoms with E-state index >= 15 is 0 Å². The zero-order valence-electron chi connectivity index (χ0n) is 10.6. The Morgan fingerprint density at radius 2 is 1.78 bits per heavy atom. The van der Waals surface area contributed by atoms with Crippen LogP contribution < -0.4 is 5.73 Å². The molecule has 1 atom stereocenters. The van der Waals surface area contributed by atoms with Crippen molar-refractivity contribution in [1.29, 1.82) is 0 Å². The van der Waals surface area contributed by atoms with Crippen LogP contribution in [0.1, 0.15) is 37.6 Å². The number of hydrogen-bond acceptors (Lipinski definition) is 2. The van der Waals surface area contributed by atoms with Gasteiger partial charge in [0.05, 0.1) is 5.56 Å². The van der Waals surface area contributed by atoms with Crippen molar-refractivity contribution in [3.05, 3.63) is 35.1 Å². The number of benzene rings is 1. The van der Waals surface area contributed by atoms with Gasteiger partial charge < -0.3 is 5.73 Å². The zero-order valence-corrected chi connectivity index (χ0v) is 10.6. The van der Waals surface area contributed by atoms with Gasteiger partial charge in [-0.25, -0.2) is 13.2 Å². The van der Waals surface area contributed by atoms with Gasteiger partial charge in [-0.1, -0.05) is 20.8 Å². The highest BCUT2D eigenvalue weighted by Gasteiger charge is 2.26. The summed E-state index contributed by atoms with van der Waals surface area (Å²) in [6.07, 6.45) is -0.120. The molecule has 0 spiro atoms. The third kappa shape index (κ3) is 3.10. The third-order valence-electron chi connectivity index (χ3n) is 2.85. The predicted molar refractivity (Wildman–Crippen MR) is 62.7 cm³/mol. The highest BCUT2D eigenvalue weighted by atomic mass is 19.2. The molecular weight excluding hydrogens is 243 g/mol. The van der Waals surface area contributed by atoms with E-state index in [1.807, 2.05) is 20.8 Å². The summed E-state index contributed by atoms with van der Waals surface area (Å²) in [6, 6.07) is 1.18. The lowest BCUT2D eigenvalue weighted by Gasteiger charge is -2.26. The second-order valence-electron chi connectivity index (χ2n) is 5.32. The maximum absolute atomic E-state index is 13.4. The molecule has 0 aliphatic rings. The molecule has 0 aliphatic carbocycles. The molecule has 2 nitrogen and oxygen atoms in total. The first-order valence-corrected chi connectivity index (χ1v) is 5.57. The Bertz CT molecular complexity index is 466. The van der Waals surface area contributed by atoms with Crippen molar-refractivity contribution < 1.29 is 18.0 Å². The normalized spacial score (nSPS) is 13.5. The van der Waals surface area contributed by atoms with Crippen LogP contribution in [0, 0.1) is 22.9 Å². The molecule has 2 N–H and O–H groups in total. The van der Waals surface area contributed by atoms with Crippen molar-refractivity contribution in [2.75, 3.05) is 0 Å². The van der Waals surface area contributed by atoms with Crippen molar-refractivity contribution in [1.82, 2.24) is 0 Å². The van der Waals surface area contributed by atoms with E-state index in [1.165, 1.54) is 0 Å². The Morgan fingerprint density at radius 1 is 1.22 bits per heavy atom. The molecule has 0 radical (unpaired) electrons. The lowest BCUT2D eigenvalue weighted by Crippen LogP contribution is -2.37. The summed E-state index contributed by atoms with van der Waals surface area (Å²) < 4.78 is 39.1. The first kappa shape index (κ1) is 14.7. The number of ketones is 1. The van der Waals surface area contributed by atoms with Crippen LogP contribution in [0.5, 0.6) is 0 Å². The highest BCUT2D eigenvalue weighted by Crippen LogP contribution is 2.23. The summed E-state index contributed by atoms with van der Waals surface area (Å²) in [7, 11) is 0. The Labute approximate surface area is 104 Å². The molecule has 0 aliphatic heterocycles. The average molecular weight is 259 g/mol. The number of nitrogens with two attached hydrogens (primary N) is 1. The van der Waals surface area contributed by atoms with E-state index in [0.29, 0.717) is 0 Å². The summed E-state index contributed by atoms with van der Waals surface area (Å²) in [6.45, 7) is 5.52. The van der Waals surface area contributed by atoms with E-state index in [4.69, 9.17) is 5.73 Å². The predicted octanol–water partition coefficient (Wildman–Crippen LogP) is 3.05. The standard InChI is InChI=1S/C13H16F3NO/c1-13(2,3)10(17)6-9(18)7-4-5-8(14)12(16)11(7)15/h4-5,10H,6,17H2,1-3H3. The molecule has 1 rings (SSSR count). The molecule has 0 amide bonds. The monoisotopic (exact) mass is 259 g/mol. The van der Waals surface area contributed by atoms with Crippen LogP contribution in [-0.4, -0.2) is 11.8 Å². The van der Waals surface area contributed by atoms with Gasteiger partial charge in [0.2, 0.25) is 0 Å². The SMILES string of the molecule is CC(C)(C)C(N)CC(=O)c1ccc(F)c(F)c1F. The average Bonchev–Trinajstić information content (AvgIpc) is 2.24. The number of hydrogen-bond donors (Lipinski definition) is 1. The Balaban J connectivity index is 2.96. The van der Waals surface area contributed by atoms with Crippen LogP contribution in [-0.2, 0) is 0 Å². The minimum absolute atomic E-state index is 0.120. The minimum atomic E-state index is -1.63. The van der Waals surface area contributed by atoms with E-state index in [2.05, 4.69) is 0 Å². The van der Waals surface area contributed by atoms with Crippen LogP contribution in [0.25, 0.3) is 0 Å². The molecule has 0 bridgehead atoms. The van der Waals surface area contributed by atoms with Crippen LogP contribution in [0.4, 0.5) is 13.2 Å². The van der Waals surface area contributed by atoms with Crippen LogP contribution in [0.3, 0.4) is 0 Å². The maximum Gasteiger partial charge on any atom is 0.195 e. The van der Waals surface area contributed by atoms with Crippen molar-refractivity contribution in [3.8, 4) is 0 Å². The Hall–Kier alpha value is -1.36. The second-order valence-corrected chi connectivity index (χ2v) is 5.32. The Kier molecular flexibility index (Phi) is 4.16.